The molecule has 2 aliphatic carbocycles. The molecule has 6 rings (SSSR count). The van der Waals surface area contributed by atoms with Gasteiger partial charge in [-0.2, -0.15) is 0 Å². The summed E-state index contributed by atoms with van der Waals surface area (Å²) in [6.07, 6.45) is 9.31. The van der Waals surface area contributed by atoms with E-state index < -0.39 is 15.2 Å². The number of rotatable bonds is 5. The van der Waals surface area contributed by atoms with E-state index in [2.05, 4.69) is 146 Å². The predicted molar refractivity (Wildman–Crippen MR) is 146 cm³/mol. The van der Waals surface area contributed by atoms with Crippen LogP contribution in [0.4, 0.5) is 0 Å². The zero-order chi connectivity index (χ0) is 23.2. The molecule has 4 aromatic rings. The molecule has 34 heavy (non-hydrogen) atoms. The van der Waals surface area contributed by atoms with Crippen LogP contribution in [0.2, 0.25) is 0 Å². The van der Waals surface area contributed by atoms with Gasteiger partial charge in [0.1, 0.15) is 0 Å². The van der Waals surface area contributed by atoms with E-state index in [1.807, 2.05) is 0 Å². The first kappa shape index (κ1) is 22.5. The van der Waals surface area contributed by atoms with Crippen molar-refractivity contribution in [1.82, 2.24) is 0 Å². The number of halogens is 2. The van der Waals surface area contributed by atoms with Crippen LogP contribution in [0.25, 0.3) is 12.2 Å². The quantitative estimate of drug-likeness (QED) is 0.213. The molecule has 0 amide bonds. The Morgan fingerprint density at radius 1 is 0.559 bits per heavy atom. The Labute approximate surface area is 212 Å². The molecule has 4 aromatic carbocycles. The van der Waals surface area contributed by atoms with Crippen molar-refractivity contribution in [2.45, 2.75) is 10.9 Å². The van der Waals surface area contributed by atoms with E-state index >= 15 is 0 Å². The van der Waals surface area contributed by atoms with Gasteiger partial charge in [0.25, 0.3) is 0 Å². The summed E-state index contributed by atoms with van der Waals surface area (Å²) >= 11 is -0.0723. The summed E-state index contributed by atoms with van der Waals surface area (Å²) < 4.78 is 0.364. The van der Waals surface area contributed by atoms with Crippen LogP contribution in [0.5, 0.6) is 0 Å². The molecule has 2 unspecified atom stereocenters. The molecule has 0 fully saturated rings. The van der Waals surface area contributed by atoms with Crippen molar-refractivity contribution in [2.24, 2.45) is 0 Å². The van der Waals surface area contributed by atoms with Crippen LogP contribution >= 0.6 is 20.7 Å². The minimum absolute atomic E-state index is 0.0760. The van der Waals surface area contributed by atoms with Crippen molar-refractivity contribution < 1.29 is 15.2 Å². The van der Waals surface area contributed by atoms with Gasteiger partial charge < -0.3 is 0 Å². The zero-order valence-corrected chi connectivity index (χ0v) is 23.5. The molecule has 167 valence electrons. The van der Waals surface area contributed by atoms with Crippen LogP contribution in [0, 0.1) is 0 Å². The van der Waals surface area contributed by atoms with Crippen molar-refractivity contribution in [1.29, 1.82) is 0 Å². The van der Waals surface area contributed by atoms with E-state index in [1.54, 1.807) is 0 Å². The van der Waals surface area contributed by atoms with Crippen LogP contribution < -0.4 is 0 Å². The first-order valence-electron chi connectivity index (χ1n) is 11.8. The molecule has 0 aliphatic heterocycles. The van der Waals surface area contributed by atoms with E-state index in [0.29, 0.717) is 0 Å². The van der Waals surface area contributed by atoms with Crippen LogP contribution in [-0.2, 0) is 15.2 Å². The second kappa shape index (κ2) is 8.59. The second-order valence-corrected chi connectivity index (χ2v) is 38.1. The molecule has 0 heterocycles. The molecule has 3 heteroatoms. The first-order chi connectivity index (χ1) is 16.6. The minimum atomic E-state index is -4.67. The molecule has 2 atom stereocenters. The molecule has 0 nitrogen and oxygen atoms in total. The van der Waals surface area contributed by atoms with Crippen LogP contribution in [-0.4, -0.2) is 0 Å². The standard InChI is InChI=1S/C13H11.2C9H7.BrH.ClH.Zr/c1-3-7-12(8-4-1)11-13-9-5-2-6-10-13;2*1-2-5-9-7-3-6-8(9)4-1;;;/h1-11H;2*1-7H;2*1H;/q;;;;;+2/p-2. The zero-order valence-electron chi connectivity index (χ0n) is 18.7. The van der Waals surface area contributed by atoms with Gasteiger partial charge in [0.2, 0.25) is 0 Å². The topological polar surface area (TPSA) is 0 Å². The fraction of sp³-hybridized carbons (Fsp3) is 0.0968. The Morgan fingerprint density at radius 3 is 1.38 bits per heavy atom. The number of hydrogen-bond donors (Lipinski definition) is 0. The monoisotopic (exact) mass is 601 g/mol. The van der Waals surface area contributed by atoms with E-state index in [4.69, 9.17) is 8.51 Å². The predicted octanol–water partition coefficient (Wildman–Crippen LogP) is 9.47. The van der Waals surface area contributed by atoms with Crippen LogP contribution in [0.15, 0.2) is 121 Å². The average Bonchev–Trinajstić information content (AvgIpc) is 3.51. The first-order valence-corrected chi connectivity index (χ1v) is 24.8. The second-order valence-electron chi connectivity index (χ2n) is 9.41. The maximum atomic E-state index is 8.52. The van der Waals surface area contributed by atoms with Crippen molar-refractivity contribution in [3.05, 3.63) is 155 Å². The molecule has 0 radical (unpaired) electrons. The molecule has 0 saturated carbocycles. The molecule has 2 aliphatic rings. The summed E-state index contributed by atoms with van der Waals surface area (Å²) in [4.78, 5) is 0. The van der Waals surface area contributed by atoms with E-state index in [-0.39, 0.29) is 10.9 Å². The van der Waals surface area contributed by atoms with Gasteiger partial charge >= 0.3 is 214 Å². The van der Waals surface area contributed by atoms with Gasteiger partial charge in [0.15, 0.2) is 0 Å². The van der Waals surface area contributed by atoms with E-state index in [0.717, 1.165) is 0 Å². The third-order valence-electron chi connectivity index (χ3n) is 7.60. The summed E-state index contributed by atoms with van der Waals surface area (Å²) in [6, 6.07) is 39.3. The van der Waals surface area contributed by atoms with Crippen molar-refractivity contribution >= 4 is 32.9 Å². The molecule has 0 aromatic heterocycles. The Kier molecular flexibility index (Phi) is 5.68. The van der Waals surface area contributed by atoms with Gasteiger partial charge in [-0.3, -0.25) is 0 Å². The van der Waals surface area contributed by atoms with Gasteiger partial charge in [-0.05, 0) is 0 Å². The summed E-state index contributed by atoms with van der Waals surface area (Å²) in [5, 5.41) is 0. The summed E-state index contributed by atoms with van der Waals surface area (Å²) in [5.41, 5.74) is 7.80. The molecule has 0 N–H and O–H groups in total. The molecule has 0 spiro atoms. The van der Waals surface area contributed by atoms with Gasteiger partial charge in [-0.15, -0.1) is 0 Å². The fourth-order valence-electron chi connectivity index (χ4n) is 6.13. The number of benzene rings is 4. The third kappa shape index (κ3) is 3.41. The van der Waals surface area contributed by atoms with Crippen molar-refractivity contribution in [3.63, 3.8) is 0 Å². The van der Waals surface area contributed by atoms with Crippen LogP contribution in [0.3, 0.4) is 0 Å². The van der Waals surface area contributed by atoms with E-state index in [1.165, 1.54) is 33.4 Å². The molecule has 0 bridgehead atoms. The molecule has 0 saturated heterocycles. The molecular weight excluding hydrogens is 579 g/mol. The van der Waals surface area contributed by atoms with Gasteiger partial charge in [0.05, 0.1) is 0 Å². The third-order valence-corrected chi connectivity index (χ3v) is 32.9. The Balaban J connectivity index is 1.68. The van der Waals surface area contributed by atoms with E-state index in [9.17, 15) is 0 Å². The van der Waals surface area contributed by atoms with Crippen molar-refractivity contribution in [2.75, 3.05) is 0 Å². The Hall–Kier alpha value is -1.99. The fourth-order valence-corrected chi connectivity index (χ4v) is 31.0. The average molecular weight is 604 g/mol. The normalized spacial score (nSPS) is 19.6. The molecular formula is C31H25BrClZr. The maximum absolute atomic E-state index is 8.52. The summed E-state index contributed by atoms with van der Waals surface area (Å²) in [7, 11) is 8.52. The van der Waals surface area contributed by atoms with Gasteiger partial charge in [-0.25, -0.2) is 0 Å². The number of hydrogen-bond acceptors (Lipinski definition) is 0. The van der Waals surface area contributed by atoms with Crippen molar-refractivity contribution in [3.8, 4) is 0 Å². The van der Waals surface area contributed by atoms with Gasteiger partial charge in [0, 0.05) is 0 Å². The summed E-state index contributed by atoms with van der Waals surface area (Å²) in [6.45, 7) is 0. The SMILES string of the molecule is [Cl][Zr]([Br])([CH]1C=Cc2ccccc21)([CH]1C=Cc2ccccc21)[CH](c1ccccc1)c1ccccc1. The Bertz CT molecular complexity index is 1300. The van der Waals surface area contributed by atoms with Crippen LogP contribution in [0.1, 0.15) is 44.3 Å². The summed E-state index contributed by atoms with van der Waals surface area (Å²) in [5.74, 6) is 0. The van der Waals surface area contributed by atoms with Gasteiger partial charge in [-0.1, -0.05) is 0 Å². The number of fused-ring (bicyclic) bond motifs is 2. The Morgan fingerprint density at radius 2 is 0.941 bits per heavy atom. The number of allylic oxidation sites excluding steroid dienone is 2.